The molecular weight excluding hydrogens is 259 g/mol. The number of rotatable bonds is 3. The molecule has 3 nitrogen and oxygen atoms in total. The molecule has 0 N–H and O–H groups in total. The summed E-state index contributed by atoms with van der Waals surface area (Å²) in [4.78, 5) is 4.25. The molecule has 0 radical (unpaired) electrons. The van der Waals surface area contributed by atoms with Crippen LogP contribution in [-0.2, 0) is 5.88 Å². The summed E-state index contributed by atoms with van der Waals surface area (Å²) in [6.07, 6.45) is 1.06. The van der Waals surface area contributed by atoms with Gasteiger partial charge in [-0.2, -0.15) is 4.98 Å². The van der Waals surface area contributed by atoms with Crippen molar-refractivity contribution in [3.05, 3.63) is 46.6 Å². The highest BCUT2D eigenvalue weighted by Crippen LogP contribution is 2.53. The van der Waals surface area contributed by atoms with Crippen LogP contribution >= 0.6 is 23.2 Å². The van der Waals surface area contributed by atoms with Gasteiger partial charge in [0, 0.05) is 10.9 Å². The molecular formula is C12H10Cl2N2O. The molecule has 2 unspecified atom stereocenters. The molecule has 2 aromatic rings. The van der Waals surface area contributed by atoms with Crippen molar-refractivity contribution < 1.29 is 4.52 Å². The van der Waals surface area contributed by atoms with Crippen LogP contribution in [0.2, 0.25) is 5.02 Å². The molecule has 1 aromatic heterocycles. The van der Waals surface area contributed by atoms with E-state index in [1.807, 2.05) is 12.1 Å². The molecule has 1 aliphatic rings. The largest absolute Gasteiger partial charge is 0.338 e. The number of halogens is 2. The lowest BCUT2D eigenvalue weighted by molar-refractivity contribution is 0.384. The van der Waals surface area contributed by atoms with E-state index < -0.39 is 0 Å². The minimum Gasteiger partial charge on any atom is -0.338 e. The van der Waals surface area contributed by atoms with Crippen LogP contribution in [0.3, 0.4) is 0 Å². The second kappa shape index (κ2) is 4.31. The fraction of sp³-hybridized carbons (Fsp3) is 0.333. The van der Waals surface area contributed by atoms with Crippen molar-refractivity contribution >= 4 is 23.2 Å². The first-order valence-corrected chi connectivity index (χ1v) is 6.33. The van der Waals surface area contributed by atoms with Crippen LogP contribution in [0.15, 0.2) is 28.8 Å². The maximum atomic E-state index is 5.86. The molecule has 1 saturated carbocycles. The predicted molar refractivity (Wildman–Crippen MR) is 65.4 cm³/mol. The number of hydrogen-bond acceptors (Lipinski definition) is 3. The minimum absolute atomic E-state index is 0.269. The van der Waals surface area contributed by atoms with Gasteiger partial charge in [-0.3, -0.25) is 0 Å². The van der Waals surface area contributed by atoms with Crippen LogP contribution in [0.25, 0.3) is 0 Å². The summed E-state index contributed by atoms with van der Waals surface area (Å²) in [5.74, 6) is 2.36. The Balaban J connectivity index is 1.75. The Morgan fingerprint density at radius 1 is 1.24 bits per heavy atom. The summed E-state index contributed by atoms with van der Waals surface area (Å²) in [5.41, 5.74) is 1.27. The van der Waals surface area contributed by atoms with Crippen molar-refractivity contribution in [1.29, 1.82) is 0 Å². The van der Waals surface area contributed by atoms with Gasteiger partial charge in [0.05, 0.1) is 0 Å². The van der Waals surface area contributed by atoms with Crippen LogP contribution in [-0.4, -0.2) is 10.1 Å². The van der Waals surface area contributed by atoms with Crippen LogP contribution in [0.1, 0.15) is 35.5 Å². The van der Waals surface area contributed by atoms with Crippen molar-refractivity contribution in [3.8, 4) is 0 Å². The Bertz CT molecular complexity index is 524. The Kier molecular flexibility index (Phi) is 2.81. The lowest BCUT2D eigenvalue weighted by Crippen LogP contribution is -1.87. The van der Waals surface area contributed by atoms with E-state index in [2.05, 4.69) is 22.3 Å². The summed E-state index contributed by atoms with van der Waals surface area (Å²) in [6, 6.07) is 7.92. The van der Waals surface area contributed by atoms with Crippen LogP contribution in [0, 0.1) is 0 Å². The van der Waals surface area contributed by atoms with E-state index in [1.165, 1.54) is 5.56 Å². The number of aromatic nitrogens is 2. The zero-order chi connectivity index (χ0) is 11.8. The van der Waals surface area contributed by atoms with Gasteiger partial charge in [-0.05, 0) is 30.0 Å². The van der Waals surface area contributed by atoms with E-state index in [0.717, 1.165) is 17.3 Å². The zero-order valence-electron chi connectivity index (χ0n) is 8.94. The molecule has 0 amide bonds. The van der Waals surface area contributed by atoms with Gasteiger partial charge in [-0.1, -0.05) is 28.9 Å². The van der Waals surface area contributed by atoms with E-state index >= 15 is 0 Å². The van der Waals surface area contributed by atoms with E-state index in [1.54, 1.807) is 0 Å². The number of nitrogens with zero attached hydrogens (tertiary/aromatic N) is 2. The van der Waals surface area contributed by atoms with E-state index in [-0.39, 0.29) is 5.88 Å². The summed E-state index contributed by atoms with van der Waals surface area (Å²) in [5, 5.41) is 4.70. The summed E-state index contributed by atoms with van der Waals surface area (Å²) in [6.45, 7) is 0. The third-order valence-electron chi connectivity index (χ3n) is 3.02. The molecule has 3 rings (SSSR count). The van der Waals surface area contributed by atoms with Gasteiger partial charge in [-0.25, -0.2) is 0 Å². The van der Waals surface area contributed by atoms with Gasteiger partial charge in [0.2, 0.25) is 5.89 Å². The van der Waals surface area contributed by atoms with Gasteiger partial charge in [0.1, 0.15) is 5.88 Å². The molecule has 1 aliphatic carbocycles. The molecule has 1 fully saturated rings. The lowest BCUT2D eigenvalue weighted by atomic mass is 10.1. The fourth-order valence-corrected chi connectivity index (χ4v) is 2.27. The molecule has 5 heteroatoms. The highest BCUT2D eigenvalue weighted by molar-refractivity contribution is 6.30. The molecule has 0 aliphatic heterocycles. The molecule has 2 atom stereocenters. The van der Waals surface area contributed by atoms with Crippen molar-refractivity contribution in [3.63, 3.8) is 0 Å². The quantitative estimate of drug-likeness (QED) is 0.797. The maximum Gasteiger partial charge on any atom is 0.241 e. The van der Waals surface area contributed by atoms with Crippen LogP contribution in [0.5, 0.6) is 0 Å². The lowest BCUT2D eigenvalue weighted by Gasteiger charge is -1.97. The Labute approximate surface area is 109 Å². The summed E-state index contributed by atoms with van der Waals surface area (Å²) >= 11 is 11.5. The van der Waals surface area contributed by atoms with Crippen molar-refractivity contribution in [2.24, 2.45) is 0 Å². The predicted octanol–water partition coefficient (Wildman–Crippen LogP) is 3.73. The first kappa shape index (κ1) is 11.1. The maximum absolute atomic E-state index is 5.86. The van der Waals surface area contributed by atoms with Gasteiger partial charge >= 0.3 is 0 Å². The standard InChI is InChI=1S/C12H10Cl2N2O/c13-6-11-15-12(16-17-11)10-5-9(10)7-1-3-8(14)4-2-7/h1-4,9-10H,5-6H2. The first-order chi connectivity index (χ1) is 8.28. The van der Waals surface area contributed by atoms with Crippen molar-refractivity contribution in [2.45, 2.75) is 24.1 Å². The normalized spacial score (nSPS) is 22.7. The molecule has 0 bridgehead atoms. The van der Waals surface area contributed by atoms with Gasteiger partial charge in [0.15, 0.2) is 5.82 Å². The molecule has 0 spiro atoms. The topological polar surface area (TPSA) is 38.9 Å². The summed E-state index contributed by atoms with van der Waals surface area (Å²) < 4.78 is 5.00. The second-order valence-corrected chi connectivity index (χ2v) is 4.88. The Morgan fingerprint density at radius 2 is 2.00 bits per heavy atom. The van der Waals surface area contributed by atoms with Gasteiger partial charge in [-0.15, -0.1) is 11.6 Å². The van der Waals surface area contributed by atoms with Crippen LogP contribution in [0.4, 0.5) is 0 Å². The third kappa shape index (κ3) is 2.17. The monoisotopic (exact) mass is 268 g/mol. The SMILES string of the molecule is ClCc1nc(C2CC2c2ccc(Cl)cc2)no1. The Morgan fingerprint density at radius 3 is 2.65 bits per heavy atom. The van der Waals surface area contributed by atoms with Crippen molar-refractivity contribution in [1.82, 2.24) is 10.1 Å². The minimum atomic E-state index is 0.269. The number of hydrogen-bond donors (Lipinski definition) is 0. The highest BCUT2D eigenvalue weighted by Gasteiger charge is 2.42. The molecule has 88 valence electrons. The average molecular weight is 269 g/mol. The van der Waals surface area contributed by atoms with Gasteiger partial charge < -0.3 is 4.52 Å². The zero-order valence-corrected chi connectivity index (χ0v) is 10.4. The van der Waals surface area contributed by atoms with E-state index in [4.69, 9.17) is 27.7 Å². The Hall–Kier alpha value is -1.06. The number of alkyl halides is 1. The molecule has 1 aromatic carbocycles. The fourth-order valence-electron chi connectivity index (χ4n) is 2.03. The smallest absolute Gasteiger partial charge is 0.241 e. The van der Waals surface area contributed by atoms with E-state index in [0.29, 0.717) is 17.7 Å². The molecule has 0 saturated heterocycles. The highest BCUT2D eigenvalue weighted by atomic mass is 35.5. The molecule has 1 heterocycles. The summed E-state index contributed by atoms with van der Waals surface area (Å²) in [7, 11) is 0. The number of benzene rings is 1. The van der Waals surface area contributed by atoms with E-state index in [9.17, 15) is 0 Å². The molecule has 17 heavy (non-hydrogen) atoms. The third-order valence-corrected chi connectivity index (χ3v) is 3.50. The first-order valence-electron chi connectivity index (χ1n) is 5.42. The average Bonchev–Trinajstić information content (AvgIpc) is 3.00. The van der Waals surface area contributed by atoms with Crippen LogP contribution < -0.4 is 0 Å². The second-order valence-electron chi connectivity index (χ2n) is 4.18. The van der Waals surface area contributed by atoms with Gasteiger partial charge in [0.25, 0.3) is 0 Å². The van der Waals surface area contributed by atoms with Crippen molar-refractivity contribution in [2.75, 3.05) is 0 Å².